The molecule has 0 spiro atoms. The van der Waals surface area contributed by atoms with Gasteiger partial charge in [-0.1, -0.05) is 18.2 Å². The maximum atomic E-state index is 12.9. The van der Waals surface area contributed by atoms with Crippen LogP contribution in [0.25, 0.3) is 0 Å². The van der Waals surface area contributed by atoms with Gasteiger partial charge in [0.05, 0.1) is 7.11 Å². The zero-order chi connectivity index (χ0) is 15.2. The predicted octanol–water partition coefficient (Wildman–Crippen LogP) is 2.66. The summed E-state index contributed by atoms with van der Waals surface area (Å²) in [7, 11) is 1.29. The van der Waals surface area contributed by atoms with Crippen LogP contribution in [0.1, 0.15) is 5.56 Å². The molecule has 2 aromatic carbocycles. The smallest absolute Gasteiger partial charge is 0.322 e. The Hall–Kier alpha value is -2.40. The number of nitrogens with two attached hydrogens (primary N) is 1. The molecule has 1 unspecified atom stereocenters. The summed E-state index contributed by atoms with van der Waals surface area (Å²) in [5.41, 5.74) is 6.54. The van der Waals surface area contributed by atoms with E-state index in [0.29, 0.717) is 17.9 Å². The molecule has 0 saturated heterocycles. The highest BCUT2D eigenvalue weighted by atomic mass is 19.1. The number of carbonyl (C=O) groups excluding carboxylic acids is 1. The molecular weight excluding hydrogens is 273 g/mol. The second-order valence-electron chi connectivity index (χ2n) is 4.50. The van der Waals surface area contributed by atoms with Gasteiger partial charge in [0.15, 0.2) is 0 Å². The van der Waals surface area contributed by atoms with Crippen LogP contribution in [0, 0.1) is 5.82 Å². The van der Waals surface area contributed by atoms with Crippen LogP contribution in [0.2, 0.25) is 0 Å². The first kappa shape index (κ1) is 15.0. The lowest BCUT2D eigenvalue weighted by molar-refractivity contribution is -0.142. The summed E-state index contributed by atoms with van der Waals surface area (Å²) >= 11 is 0. The summed E-state index contributed by atoms with van der Waals surface area (Å²) < 4.78 is 23.2. The van der Waals surface area contributed by atoms with Gasteiger partial charge in [-0.3, -0.25) is 4.79 Å². The molecule has 0 amide bonds. The fraction of sp³-hybridized carbons (Fsp3) is 0.188. The third-order valence-corrected chi connectivity index (χ3v) is 2.96. The Morgan fingerprint density at radius 1 is 1.19 bits per heavy atom. The second kappa shape index (κ2) is 6.85. The van der Waals surface area contributed by atoms with Gasteiger partial charge < -0.3 is 15.2 Å². The Labute approximate surface area is 122 Å². The van der Waals surface area contributed by atoms with Crippen LogP contribution >= 0.6 is 0 Å². The maximum absolute atomic E-state index is 12.9. The number of hydrogen-bond donors (Lipinski definition) is 1. The first-order chi connectivity index (χ1) is 10.1. The van der Waals surface area contributed by atoms with E-state index in [1.165, 1.54) is 31.4 Å². The van der Waals surface area contributed by atoms with E-state index in [1.54, 1.807) is 6.07 Å². The fourth-order valence-corrected chi connectivity index (χ4v) is 1.87. The molecular formula is C16H16FNO3. The normalized spacial score (nSPS) is 11.8. The zero-order valence-corrected chi connectivity index (χ0v) is 11.6. The molecule has 4 nitrogen and oxygen atoms in total. The van der Waals surface area contributed by atoms with Gasteiger partial charge in [-0.2, -0.15) is 0 Å². The lowest BCUT2D eigenvalue weighted by Crippen LogP contribution is -2.33. The summed E-state index contributed by atoms with van der Waals surface area (Å²) in [5, 5.41) is 0. The number of halogens is 1. The van der Waals surface area contributed by atoms with E-state index in [4.69, 9.17) is 10.5 Å². The summed E-state index contributed by atoms with van der Waals surface area (Å²) in [6, 6.07) is 12.2. The molecule has 0 fully saturated rings. The van der Waals surface area contributed by atoms with Crippen molar-refractivity contribution in [3.63, 3.8) is 0 Å². The molecule has 2 aromatic rings. The second-order valence-corrected chi connectivity index (χ2v) is 4.50. The highest BCUT2D eigenvalue weighted by Gasteiger charge is 2.16. The summed E-state index contributed by atoms with van der Waals surface area (Å²) in [6.45, 7) is 0. The molecule has 21 heavy (non-hydrogen) atoms. The van der Waals surface area contributed by atoms with Crippen molar-refractivity contribution in [2.75, 3.05) is 7.11 Å². The van der Waals surface area contributed by atoms with Crippen molar-refractivity contribution in [3.05, 3.63) is 59.9 Å². The van der Waals surface area contributed by atoms with Crippen LogP contribution in [0.15, 0.2) is 48.5 Å². The molecule has 0 aliphatic rings. The number of para-hydroxylation sites is 1. The van der Waals surface area contributed by atoms with Gasteiger partial charge in [-0.05, 0) is 35.9 Å². The Bertz CT molecular complexity index is 613. The van der Waals surface area contributed by atoms with E-state index in [2.05, 4.69) is 4.74 Å². The maximum Gasteiger partial charge on any atom is 0.322 e. The molecule has 1 atom stereocenters. The fourth-order valence-electron chi connectivity index (χ4n) is 1.87. The molecule has 0 aromatic heterocycles. The van der Waals surface area contributed by atoms with Crippen molar-refractivity contribution in [1.29, 1.82) is 0 Å². The molecule has 0 bridgehead atoms. The largest absolute Gasteiger partial charge is 0.468 e. The Morgan fingerprint density at radius 2 is 1.86 bits per heavy atom. The number of esters is 1. The minimum Gasteiger partial charge on any atom is -0.468 e. The highest BCUT2D eigenvalue weighted by molar-refractivity contribution is 5.75. The average molecular weight is 289 g/mol. The lowest BCUT2D eigenvalue weighted by Gasteiger charge is -2.14. The van der Waals surface area contributed by atoms with E-state index >= 15 is 0 Å². The molecule has 0 aliphatic heterocycles. The minimum atomic E-state index is -0.757. The molecule has 0 heterocycles. The topological polar surface area (TPSA) is 61.5 Å². The van der Waals surface area contributed by atoms with Gasteiger partial charge in [0.25, 0.3) is 0 Å². The Balaban J connectivity index is 2.16. The molecule has 2 N–H and O–H groups in total. The van der Waals surface area contributed by atoms with Gasteiger partial charge in [0, 0.05) is 6.42 Å². The Kier molecular flexibility index (Phi) is 4.90. The SMILES string of the molecule is COC(=O)C(N)Cc1ccccc1Oc1ccc(F)cc1. The molecule has 5 heteroatoms. The van der Waals surface area contributed by atoms with E-state index in [0.717, 1.165) is 5.56 Å². The van der Waals surface area contributed by atoms with Crippen LogP contribution in [-0.4, -0.2) is 19.1 Å². The summed E-state index contributed by atoms with van der Waals surface area (Å²) in [6.07, 6.45) is 0.296. The van der Waals surface area contributed by atoms with Crippen molar-refractivity contribution >= 4 is 5.97 Å². The standard InChI is InChI=1S/C16H16FNO3/c1-20-16(19)14(18)10-11-4-2-3-5-15(11)21-13-8-6-12(17)7-9-13/h2-9,14H,10,18H2,1H3. The number of carbonyl (C=O) groups is 1. The number of rotatable bonds is 5. The molecule has 0 saturated carbocycles. The van der Waals surface area contributed by atoms with Crippen LogP contribution in [0.4, 0.5) is 4.39 Å². The number of hydrogen-bond acceptors (Lipinski definition) is 4. The summed E-state index contributed by atoms with van der Waals surface area (Å²) in [4.78, 5) is 11.4. The summed E-state index contributed by atoms with van der Waals surface area (Å²) in [5.74, 6) is 0.272. The molecule has 110 valence electrons. The third-order valence-electron chi connectivity index (χ3n) is 2.96. The van der Waals surface area contributed by atoms with E-state index in [1.807, 2.05) is 18.2 Å². The number of benzene rings is 2. The van der Waals surface area contributed by atoms with E-state index in [-0.39, 0.29) is 5.82 Å². The monoisotopic (exact) mass is 289 g/mol. The molecule has 0 aliphatic carbocycles. The number of methoxy groups -OCH3 is 1. The van der Waals surface area contributed by atoms with Gasteiger partial charge >= 0.3 is 5.97 Å². The van der Waals surface area contributed by atoms with Crippen molar-refractivity contribution in [3.8, 4) is 11.5 Å². The molecule has 2 rings (SSSR count). The van der Waals surface area contributed by atoms with Crippen molar-refractivity contribution in [2.24, 2.45) is 5.73 Å². The lowest BCUT2D eigenvalue weighted by atomic mass is 10.1. The van der Waals surface area contributed by atoms with Gasteiger partial charge in [0.2, 0.25) is 0 Å². The minimum absolute atomic E-state index is 0.296. The van der Waals surface area contributed by atoms with Crippen molar-refractivity contribution < 1.29 is 18.7 Å². The Morgan fingerprint density at radius 3 is 2.52 bits per heavy atom. The average Bonchev–Trinajstić information content (AvgIpc) is 2.50. The zero-order valence-electron chi connectivity index (χ0n) is 11.6. The van der Waals surface area contributed by atoms with Gasteiger partial charge in [-0.25, -0.2) is 4.39 Å². The highest BCUT2D eigenvalue weighted by Crippen LogP contribution is 2.26. The van der Waals surface area contributed by atoms with Gasteiger partial charge in [0.1, 0.15) is 23.4 Å². The first-order valence-electron chi connectivity index (χ1n) is 6.45. The van der Waals surface area contributed by atoms with Crippen LogP contribution in [0.3, 0.4) is 0 Å². The first-order valence-corrected chi connectivity index (χ1v) is 6.45. The van der Waals surface area contributed by atoms with Crippen LogP contribution in [-0.2, 0) is 16.0 Å². The van der Waals surface area contributed by atoms with Crippen molar-refractivity contribution in [2.45, 2.75) is 12.5 Å². The van der Waals surface area contributed by atoms with Crippen LogP contribution < -0.4 is 10.5 Å². The predicted molar refractivity (Wildman–Crippen MR) is 76.6 cm³/mol. The third kappa shape index (κ3) is 4.03. The molecule has 0 radical (unpaired) electrons. The van der Waals surface area contributed by atoms with Gasteiger partial charge in [-0.15, -0.1) is 0 Å². The van der Waals surface area contributed by atoms with E-state index in [9.17, 15) is 9.18 Å². The van der Waals surface area contributed by atoms with Crippen molar-refractivity contribution in [1.82, 2.24) is 0 Å². The van der Waals surface area contributed by atoms with E-state index < -0.39 is 12.0 Å². The quantitative estimate of drug-likeness (QED) is 0.860. The van der Waals surface area contributed by atoms with Crippen LogP contribution in [0.5, 0.6) is 11.5 Å². The number of ether oxygens (including phenoxy) is 2.